The van der Waals surface area contributed by atoms with E-state index in [0.29, 0.717) is 22.4 Å². The van der Waals surface area contributed by atoms with Crippen molar-refractivity contribution in [1.29, 1.82) is 5.26 Å². The maximum absolute atomic E-state index is 12.2. The lowest BCUT2D eigenvalue weighted by atomic mass is 10.0. The molecule has 4 nitrogen and oxygen atoms in total. The zero-order valence-corrected chi connectivity index (χ0v) is 10.8. The van der Waals surface area contributed by atoms with Crippen LogP contribution in [0.1, 0.15) is 28.4 Å². The summed E-state index contributed by atoms with van der Waals surface area (Å²) in [5.74, 6) is -0.158. The highest BCUT2D eigenvalue weighted by Crippen LogP contribution is 2.16. The van der Waals surface area contributed by atoms with E-state index in [1.807, 2.05) is 6.07 Å². The van der Waals surface area contributed by atoms with E-state index < -0.39 is 5.97 Å². The van der Waals surface area contributed by atoms with Gasteiger partial charge in [-0.3, -0.25) is 9.59 Å². The number of esters is 1. The van der Waals surface area contributed by atoms with Crippen LogP contribution in [0.5, 0.6) is 5.75 Å². The molecule has 4 heteroatoms. The third-order valence-corrected chi connectivity index (χ3v) is 2.65. The van der Waals surface area contributed by atoms with Crippen molar-refractivity contribution in [2.45, 2.75) is 6.92 Å². The molecule has 0 atom stereocenters. The molecule has 98 valence electrons. The molecule has 0 amide bonds. The fraction of sp³-hybridized carbons (Fsp3) is 0.0625. The normalized spacial score (nSPS) is 9.60. The number of carbonyl (C=O) groups excluding carboxylic acids is 2. The molecule has 0 N–H and O–H groups in total. The number of hydrogen-bond donors (Lipinski definition) is 0. The van der Waals surface area contributed by atoms with Crippen molar-refractivity contribution < 1.29 is 14.3 Å². The zero-order valence-electron chi connectivity index (χ0n) is 10.8. The van der Waals surface area contributed by atoms with Crippen molar-refractivity contribution in [3.8, 4) is 11.8 Å². The SMILES string of the molecule is CC(=O)Oc1ccc(C(=O)c2ccc(C#N)cc2)cc1. The molecule has 0 aromatic heterocycles. The van der Waals surface area contributed by atoms with Crippen molar-refractivity contribution >= 4 is 11.8 Å². The van der Waals surface area contributed by atoms with Gasteiger partial charge in [0.1, 0.15) is 5.75 Å². The topological polar surface area (TPSA) is 67.2 Å². The van der Waals surface area contributed by atoms with Gasteiger partial charge in [0, 0.05) is 18.1 Å². The maximum Gasteiger partial charge on any atom is 0.308 e. The first kappa shape index (κ1) is 13.5. The van der Waals surface area contributed by atoms with E-state index in [1.54, 1.807) is 48.5 Å². The fourth-order valence-electron chi connectivity index (χ4n) is 1.70. The van der Waals surface area contributed by atoms with Crippen LogP contribution in [0.4, 0.5) is 0 Å². The third-order valence-electron chi connectivity index (χ3n) is 2.65. The Labute approximate surface area is 116 Å². The first-order valence-corrected chi connectivity index (χ1v) is 5.93. The first-order chi connectivity index (χ1) is 9.60. The molecule has 0 spiro atoms. The van der Waals surface area contributed by atoms with Gasteiger partial charge < -0.3 is 4.74 Å². The highest BCUT2D eigenvalue weighted by Gasteiger charge is 2.09. The molecule has 20 heavy (non-hydrogen) atoms. The number of carbonyl (C=O) groups is 2. The number of nitriles is 1. The predicted octanol–water partition coefficient (Wildman–Crippen LogP) is 2.71. The molecule has 2 rings (SSSR count). The van der Waals surface area contributed by atoms with Crippen LogP contribution in [-0.4, -0.2) is 11.8 Å². The second-order valence-corrected chi connectivity index (χ2v) is 4.14. The van der Waals surface area contributed by atoms with Gasteiger partial charge in [-0.05, 0) is 48.5 Å². The Balaban J connectivity index is 2.20. The lowest BCUT2D eigenvalue weighted by molar-refractivity contribution is -0.131. The minimum absolute atomic E-state index is 0.149. The molecular weight excluding hydrogens is 254 g/mol. The Kier molecular flexibility index (Phi) is 3.92. The quantitative estimate of drug-likeness (QED) is 0.486. The zero-order chi connectivity index (χ0) is 14.5. The first-order valence-electron chi connectivity index (χ1n) is 5.93. The lowest BCUT2D eigenvalue weighted by Crippen LogP contribution is -2.03. The number of rotatable bonds is 3. The van der Waals surface area contributed by atoms with Crippen LogP contribution in [0.15, 0.2) is 48.5 Å². The van der Waals surface area contributed by atoms with Crippen LogP contribution in [-0.2, 0) is 4.79 Å². The second kappa shape index (κ2) is 5.81. The molecule has 0 bridgehead atoms. The minimum Gasteiger partial charge on any atom is -0.427 e. The molecule has 0 aliphatic carbocycles. The van der Waals surface area contributed by atoms with E-state index in [1.165, 1.54) is 6.92 Å². The summed E-state index contributed by atoms with van der Waals surface area (Å²) in [6, 6.07) is 14.7. The van der Waals surface area contributed by atoms with Gasteiger partial charge in [-0.25, -0.2) is 0 Å². The van der Waals surface area contributed by atoms with Crippen LogP contribution in [0, 0.1) is 11.3 Å². The Hall–Kier alpha value is -2.93. The molecule has 2 aromatic rings. The number of hydrogen-bond acceptors (Lipinski definition) is 4. The summed E-state index contributed by atoms with van der Waals surface area (Å²) >= 11 is 0. The lowest BCUT2D eigenvalue weighted by Gasteiger charge is -2.04. The molecule has 0 saturated carbocycles. The summed E-state index contributed by atoms with van der Waals surface area (Å²) in [5, 5.41) is 8.71. The third kappa shape index (κ3) is 3.09. The van der Waals surface area contributed by atoms with E-state index in [9.17, 15) is 9.59 Å². The van der Waals surface area contributed by atoms with E-state index in [0.717, 1.165) is 0 Å². The Morgan fingerprint density at radius 3 is 1.90 bits per heavy atom. The highest BCUT2D eigenvalue weighted by atomic mass is 16.5. The van der Waals surface area contributed by atoms with Crippen LogP contribution in [0.25, 0.3) is 0 Å². The van der Waals surface area contributed by atoms with Crippen LogP contribution in [0.3, 0.4) is 0 Å². The minimum atomic E-state index is -0.406. The van der Waals surface area contributed by atoms with Gasteiger partial charge in [0.2, 0.25) is 0 Å². The van der Waals surface area contributed by atoms with Gasteiger partial charge in [0.05, 0.1) is 11.6 Å². The van der Waals surface area contributed by atoms with Crippen molar-refractivity contribution in [2.24, 2.45) is 0 Å². The van der Waals surface area contributed by atoms with Crippen LogP contribution in [0.2, 0.25) is 0 Å². The molecule has 0 radical (unpaired) electrons. The summed E-state index contributed by atoms with van der Waals surface area (Å²) in [5.41, 5.74) is 1.50. The number of ether oxygens (including phenoxy) is 1. The summed E-state index contributed by atoms with van der Waals surface area (Å²) < 4.78 is 4.90. The standard InChI is InChI=1S/C16H11NO3/c1-11(18)20-15-8-6-14(7-9-15)16(19)13-4-2-12(10-17)3-5-13/h2-9H,1H3. The van der Waals surface area contributed by atoms with Gasteiger partial charge in [-0.2, -0.15) is 5.26 Å². The summed E-state index contributed by atoms with van der Waals surface area (Å²) in [7, 11) is 0. The molecule has 2 aromatic carbocycles. The van der Waals surface area contributed by atoms with Gasteiger partial charge >= 0.3 is 5.97 Å². The van der Waals surface area contributed by atoms with Crippen LogP contribution < -0.4 is 4.74 Å². The van der Waals surface area contributed by atoms with E-state index in [-0.39, 0.29) is 5.78 Å². The molecule has 0 aliphatic heterocycles. The summed E-state index contributed by atoms with van der Waals surface area (Å²) in [4.78, 5) is 23.0. The Morgan fingerprint density at radius 1 is 0.950 bits per heavy atom. The monoisotopic (exact) mass is 265 g/mol. The number of benzene rings is 2. The molecule has 0 unspecified atom stereocenters. The Morgan fingerprint density at radius 2 is 1.45 bits per heavy atom. The molecule has 0 fully saturated rings. The molecule has 0 saturated heterocycles. The van der Waals surface area contributed by atoms with Crippen molar-refractivity contribution in [3.63, 3.8) is 0 Å². The average molecular weight is 265 g/mol. The molecule has 0 aliphatic rings. The fourth-order valence-corrected chi connectivity index (χ4v) is 1.70. The summed E-state index contributed by atoms with van der Waals surface area (Å²) in [6.07, 6.45) is 0. The van der Waals surface area contributed by atoms with E-state index in [2.05, 4.69) is 0 Å². The smallest absolute Gasteiger partial charge is 0.308 e. The van der Waals surface area contributed by atoms with E-state index >= 15 is 0 Å². The van der Waals surface area contributed by atoms with Crippen LogP contribution >= 0.6 is 0 Å². The van der Waals surface area contributed by atoms with Gasteiger partial charge in [-0.15, -0.1) is 0 Å². The van der Waals surface area contributed by atoms with Gasteiger partial charge in [-0.1, -0.05) is 0 Å². The maximum atomic E-state index is 12.2. The molecule has 0 heterocycles. The van der Waals surface area contributed by atoms with Gasteiger partial charge in [0.25, 0.3) is 0 Å². The number of nitrogens with zero attached hydrogens (tertiary/aromatic N) is 1. The average Bonchev–Trinajstić information content (AvgIpc) is 2.47. The Bertz CT molecular complexity index is 679. The van der Waals surface area contributed by atoms with Gasteiger partial charge in [0.15, 0.2) is 5.78 Å². The summed E-state index contributed by atoms with van der Waals surface area (Å²) in [6.45, 7) is 1.32. The molecular formula is C16H11NO3. The van der Waals surface area contributed by atoms with Crippen molar-refractivity contribution in [2.75, 3.05) is 0 Å². The highest BCUT2D eigenvalue weighted by molar-refractivity contribution is 6.09. The van der Waals surface area contributed by atoms with E-state index in [4.69, 9.17) is 10.00 Å². The second-order valence-electron chi connectivity index (χ2n) is 4.14. The number of ketones is 1. The largest absolute Gasteiger partial charge is 0.427 e. The predicted molar refractivity (Wildman–Crippen MR) is 72.3 cm³/mol. The van der Waals surface area contributed by atoms with Crippen molar-refractivity contribution in [1.82, 2.24) is 0 Å². The van der Waals surface area contributed by atoms with Crippen molar-refractivity contribution in [3.05, 3.63) is 65.2 Å².